The molecule has 3 rings (SSSR count). The van der Waals surface area contributed by atoms with Crippen LogP contribution in [-0.2, 0) is 4.74 Å². The summed E-state index contributed by atoms with van der Waals surface area (Å²) >= 11 is 0. The maximum atomic E-state index is 9.86. The molecule has 0 bridgehead atoms. The summed E-state index contributed by atoms with van der Waals surface area (Å²) in [6.07, 6.45) is -0.635. The van der Waals surface area contributed by atoms with E-state index in [4.69, 9.17) is 9.47 Å². The second-order valence-electron chi connectivity index (χ2n) is 5.57. The third kappa shape index (κ3) is 2.91. The smallest absolute Gasteiger partial charge is 0.135 e. The first-order chi connectivity index (χ1) is 10.7. The Balaban J connectivity index is 2.11. The van der Waals surface area contributed by atoms with Crippen LogP contribution in [0.25, 0.3) is 21.5 Å². The highest BCUT2D eigenvalue weighted by atomic mass is 16.5. The summed E-state index contributed by atoms with van der Waals surface area (Å²) in [6, 6.07) is 16.6. The van der Waals surface area contributed by atoms with Gasteiger partial charge in [0, 0.05) is 17.9 Å². The number of fused-ring (bicyclic) bond motifs is 2. The van der Waals surface area contributed by atoms with Crippen LogP contribution in [0.1, 0.15) is 5.56 Å². The molecule has 114 valence electrons. The molecule has 0 aromatic heterocycles. The summed E-state index contributed by atoms with van der Waals surface area (Å²) in [7, 11) is 1.57. The van der Waals surface area contributed by atoms with Gasteiger partial charge in [0.1, 0.15) is 18.5 Å². The van der Waals surface area contributed by atoms with Crippen molar-refractivity contribution in [2.45, 2.75) is 13.0 Å². The molecular weight excluding hydrogens is 276 g/mol. The van der Waals surface area contributed by atoms with E-state index in [1.165, 1.54) is 5.56 Å². The van der Waals surface area contributed by atoms with Crippen molar-refractivity contribution in [2.75, 3.05) is 20.3 Å². The molecule has 0 saturated heterocycles. The molecule has 0 aliphatic rings. The lowest BCUT2D eigenvalue weighted by Crippen LogP contribution is -2.22. The highest BCUT2D eigenvalue weighted by molar-refractivity contribution is 6.05. The number of hydrogen-bond donors (Lipinski definition) is 1. The van der Waals surface area contributed by atoms with E-state index < -0.39 is 6.10 Å². The van der Waals surface area contributed by atoms with Gasteiger partial charge in [0.15, 0.2) is 0 Å². The Morgan fingerprint density at radius 2 is 1.73 bits per heavy atom. The fourth-order valence-electron chi connectivity index (χ4n) is 2.71. The quantitative estimate of drug-likeness (QED) is 0.730. The zero-order valence-electron chi connectivity index (χ0n) is 12.9. The molecule has 3 nitrogen and oxygen atoms in total. The Bertz CT molecular complexity index is 795. The molecule has 0 aliphatic heterocycles. The summed E-state index contributed by atoms with van der Waals surface area (Å²) < 4.78 is 10.9. The number of methoxy groups -OCH3 is 1. The minimum absolute atomic E-state index is 0.213. The third-order valence-electron chi connectivity index (χ3n) is 3.75. The van der Waals surface area contributed by atoms with Crippen molar-refractivity contribution in [1.82, 2.24) is 0 Å². The molecule has 0 radical (unpaired) electrons. The van der Waals surface area contributed by atoms with Gasteiger partial charge in [-0.2, -0.15) is 0 Å². The Morgan fingerprint density at radius 3 is 2.55 bits per heavy atom. The Kier molecular flexibility index (Phi) is 4.27. The van der Waals surface area contributed by atoms with Crippen molar-refractivity contribution in [3.63, 3.8) is 0 Å². The van der Waals surface area contributed by atoms with Gasteiger partial charge in [0.05, 0.1) is 6.61 Å². The molecule has 0 amide bonds. The molecule has 0 saturated carbocycles. The zero-order chi connectivity index (χ0) is 15.5. The predicted octanol–water partition coefficient (Wildman–Crippen LogP) is 3.69. The van der Waals surface area contributed by atoms with Gasteiger partial charge >= 0.3 is 0 Å². The average Bonchev–Trinajstić information content (AvgIpc) is 2.52. The minimum Gasteiger partial charge on any atom is -0.489 e. The molecule has 3 heteroatoms. The molecule has 0 heterocycles. The van der Waals surface area contributed by atoms with Gasteiger partial charge in [-0.15, -0.1) is 0 Å². The van der Waals surface area contributed by atoms with Crippen LogP contribution in [0.15, 0.2) is 48.5 Å². The second kappa shape index (κ2) is 6.34. The van der Waals surface area contributed by atoms with Gasteiger partial charge in [-0.3, -0.25) is 0 Å². The number of benzene rings is 3. The standard InChI is InChI=1S/C19H20O3/c1-13-7-8-15-10-14-5-3-4-6-17(14)19(18(15)9-13)22-12-16(20)11-21-2/h3-10,16,20H,11-12H2,1-2H3. The number of ether oxygens (including phenoxy) is 2. The van der Waals surface area contributed by atoms with Crippen molar-refractivity contribution in [3.8, 4) is 5.75 Å². The molecule has 3 aromatic carbocycles. The second-order valence-corrected chi connectivity index (χ2v) is 5.57. The van der Waals surface area contributed by atoms with Crippen molar-refractivity contribution < 1.29 is 14.6 Å². The molecule has 1 unspecified atom stereocenters. The highest BCUT2D eigenvalue weighted by Gasteiger charge is 2.11. The first-order valence-electron chi connectivity index (χ1n) is 7.41. The number of hydrogen-bond acceptors (Lipinski definition) is 3. The van der Waals surface area contributed by atoms with Gasteiger partial charge in [-0.05, 0) is 29.8 Å². The van der Waals surface area contributed by atoms with E-state index in [9.17, 15) is 5.11 Å². The van der Waals surface area contributed by atoms with Crippen LogP contribution < -0.4 is 4.74 Å². The molecule has 1 N–H and O–H groups in total. The van der Waals surface area contributed by atoms with Crippen molar-refractivity contribution in [3.05, 3.63) is 54.1 Å². The van der Waals surface area contributed by atoms with E-state index in [1.54, 1.807) is 7.11 Å². The van der Waals surface area contributed by atoms with Crippen LogP contribution in [0.2, 0.25) is 0 Å². The van der Waals surface area contributed by atoms with E-state index in [0.29, 0.717) is 0 Å². The van der Waals surface area contributed by atoms with Gasteiger partial charge in [-0.1, -0.05) is 42.0 Å². The van der Waals surface area contributed by atoms with E-state index in [2.05, 4.69) is 43.3 Å². The topological polar surface area (TPSA) is 38.7 Å². The molecule has 0 aliphatic carbocycles. The lowest BCUT2D eigenvalue weighted by Gasteiger charge is -2.16. The Labute approximate surface area is 130 Å². The number of aryl methyl sites for hydroxylation is 1. The molecule has 22 heavy (non-hydrogen) atoms. The van der Waals surface area contributed by atoms with Crippen LogP contribution in [-0.4, -0.2) is 31.5 Å². The fourth-order valence-corrected chi connectivity index (χ4v) is 2.71. The number of rotatable bonds is 5. The molecule has 0 spiro atoms. The zero-order valence-corrected chi connectivity index (χ0v) is 12.9. The summed E-state index contributed by atoms with van der Waals surface area (Å²) in [4.78, 5) is 0. The summed E-state index contributed by atoms with van der Waals surface area (Å²) in [5, 5.41) is 14.3. The van der Waals surface area contributed by atoms with E-state index in [1.807, 2.05) is 12.1 Å². The van der Waals surface area contributed by atoms with E-state index in [-0.39, 0.29) is 13.2 Å². The highest BCUT2D eigenvalue weighted by Crippen LogP contribution is 2.35. The first kappa shape index (κ1) is 14.8. The molecular formula is C19H20O3. The molecule has 3 aromatic rings. The number of aliphatic hydroxyl groups is 1. The Hall–Kier alpha value is -2.10. The SMILES string of the molecule is COCC(O)COc1c2ccccc2cc2ccc(C)cc12. The normalized spacial score (nSPS) is 12.7. The number of aliphatic hydroxyl groups excluding tert-OH is 1. The first-order valence-corrected chi connectivity index (χ1v) is 7.41. The van der Waals surface area contributed by atoms with Crippen LogP contribution in [0.3, 0.4) is 0 Å². The van der Waals surface area contributed by atoms with Crippen LogP contribution >= 0.6 is 0 Å². The molecule has 0 fully saturated rings. The van der Waals surface area contributed by atoms with Gasteiger partial charge in [-0.25, -0.2) is 0 Å². The minimum atomic E-state index is -0.635. The molecule has 1 atom stereocenters. The van der Waals surface area contributed by atoms with Crippen molar-refractivity contribution in [2.24, 2.45) is 0 Å². The maximum Gasteiger partial charge on any atom is 0.135 e. The van der Waals surface area contributed by atoms with Gasteiger partial charge < -0.3 is 14.6 Å². The summed E-state index contributed by atoms with van der Waals surface area (Å²) in [5.41, 5.74) is 1.19. The lowest BCUT2D eigenvalue weighted by atomic mass is 10.0. The Morgan fingerprint density at radius 1 is 0.955 bits per heavy atom. The van der Waals surface area contributed by atoms with Crippen LogP contribution in [0.4, 0.5) is 0 Å². The van der Waals surface area contributed by atoms with Gasteiger partial charge in [0.25, 0.3) is 0 Å². The largest absolute Gasteiger partial charge is 0.489 e. The van der Waals surface area contributed by atoms with E-state index >= 15 is 0 Å². The fraction of sp³-hybridized carbons (Fsp3) is 0.263. The summed E-state index contributed by atoms with van der Waals surface area (Å²) in [6.45, 7) is 2.55. The maximum absolute atomic E-state index is 9.86. The van der Waals surface area contributed by atoms with Crippen LogP contribution in [0, 0.1) is 6.92 Å². The van der Waals surface area contributed by atoms with Crippen LogP contribution in [0.5, 0.6) is 5.75 Å². The van der Waals surface area contributed by atoms with E-state index in [0.717, 1.165) is 27.3 Å². The van der Waals surface area contributed by atoms with Gasteiger partial charge in [0.2, 0.25) is 0 Å². The average molecular weight is 296 g/mol. The lowest BCUT2D eigenvalue weighted by molar-refractivity contribution is 0.0333. The summed E-state index contributed by atoms with van der Waals surface area (Å²) in [5.74, 6) is 0.826. The monoisotopic (exact) mass is 296 g/mol. The third-order valence-corrected chi connectivity index (χ3v) is 3.75. The van der Waals surface area contributed by atoms with Crippen molar-refractivity contribution in [1.29, 1.82) is 0 Å². The predicted molar refractivity (Wildman–Crippen MR) is 89.6 cm³/mol. The van der Waals surface area contributed by atoms with Crippen molar-refractivity contribution >= 4 is 21.5 Å².